The van der Waals surface area contributed by atoms with Crippen molar-refractivity contribution in [3.63, 3.8) is 0 Å². The maximum atomic E-state index is 2.99. The van der Waals surface area contributed by atoms with Crippen LogP contribution in [0.15, 0.2) is 0 Å². The molecule has 0 bridgehead atoms. The zero-order valence-corrected chi connectivity index (χ0v) is 14.7. The molecular formula is C19H36N2. The normalized spacial score (nSPS) is 39.1. The van der Waals surface area contributed by atoms with Gasteiger partial charge in [0.05, 0.1) is 0 Å². The van der Waals surface area contributed by atoms with Crippen LogP contribution in [0.5, 0.6) is 0 Å². The molecule has 2 nitrogen and oxygen atoms in total. The topological polar surface area (TPSA) is 6.48 Å². The predicted octanol–water partition coefficient (Wildman–Crippen LogP) is 4.01. The monoisotopic (exact) mass is 292 g/mol. The zero-order valence-electron chi connectivity index (χ0n) is 14.7. The van der Waals surface area contributed by atoms with E-state index in [0.29, 0.717) is 0 Å². The van der Waals surface area contributed by atoms with E-state index < -0.39 is 0 Å². The SMILES string of the molecule is CC(C)C1CCCCC1N1CC2CCCN2CC1C(C)C. The molecule has 0 aromatic heterocycles. The minimum Gasteiger partial charge on any atom is -0.298 e. The number of hydrogen-bond donors (Lipinski definition) is 0. The first-order valence-electron chi connectivity index (χ1n) is 9.57. The van der Waals surface area contributed by atoms with E-state index in [4.69, 9.17) is 0 Å². The van der Waals surface area contributed by atoms with Crippen molar-refractivity contribution in [2.75, 3.05) is 19.6 Å². The summed E-state index contributed by atoms with van der Waals surface area (Å²) in [6.07, 6.45) is 8.73. The smallest absolute Gasteiger partial charge is 0.0249 e. The molecule has 122 valence electrons. The fourth-order valence-electron chi connectivity index (χ4n) is 5.37. The van der Waals surface area contributed by atoms with Crippen molar-refractivity contribution >= 4 is 0 Å². The van der Waals surface area contributed by atoms with Gasteiger partial charge in [-0.25, -0.2) is 0 Å². The van der Waals surface area contributed by atoms with E-state index in [1.165, 1.54) is 58.2 Å². The molecule has 3 rings (SSSR count). The second-order valence-corrected chi connectivity index (χ2v) is 8.56. The predicted molar refractivity (Wildman–Crippen MR) is 90.5 cm³/mol. The summed E-state index contributed by atoms with van der Waals surface area (Å²) in [7, 11) is 0. The molecule has 2 heterocycles. The van der Waals surface area contributed by atoms with E-state index in [9.17, 15) is 0 Å². The molecular weight excluding hydrogens is 256 g/mol. The molecule has 0 N–H and O–H groups in total. The molecule has 3 aliphatic rings. The Bertz CT molecular complexity index is 338. The summed E-state index contributed by atoms with van der Waals surface area (Å²) in [5, 5.41) is 0. The number of hydrogen-bond acceptors (Lipinski definition) is 2. The van der Waals surface area contributed by atoms with E-state index in [2.05, 4.69) is 37.5 Å². The first-order chi connectivity index (χ1) is 10.1. The van der Waals surface area contributed by atoms with Gasteiger partial charge in [-0.15, -0.1) is 0 Å². The number of piperazine rings is 1. The molecule has 0 amide bonds. The minimum absolute atomic E-state index is 0.793. The van der Waals surface area contributed by atoms with Crippen LogP contribution in [0.2, 0.25) is 0 Å². The molecule has 2 saturated heterocycles. The van der Waals surface area contributed by atoms with Gasteiger partial charge in [0.15, 0.2) is 0 Å². The van der Waals surface area contributed by atoms with E-state index >= 15 is 0 Å². The summed E-state index contributed by atoms with van der Waals surface area (Å²) in [6, 6.07) is 2.53. The molecule has 21 heavy (non-hydrogen) atoms. The molecule has 0 radical (unpaired) electrons. The number of rotatable bonds is 3. The van der Waals surface area contributed by atoms with Gasteiger partial charge in [0.1, 0.15) is 0 Å². The lowest BCUT2D eigenvalue weighted by atomic mass is 9.75. The van der Waals surface area contributed by atoms with Crippen LogP contribution in [0.3, 0.4) is 0 Å². The third-order valence-corrected chi connectivity index (χ3v) is 6.60. The Morgan fingerprint density at radius 2 is 1.57 bits per heavy atom. The summed E-state index contributed by atoms with van der Waals surface area (Å²) in [5.41, 5.74) is 0. The van der Waals surface area contributed by atoms with Gasteiger partial charge in [-0.1, -0.05) is 40.5 Å². The van der Waals surface area contributed by atoms with E-state index in [0.717, 1.165) is 35.9 Å². The second kappa shape index (κ2) is 6.58. The Hall–Kier alpha value is -0.0800. The molecule has 4 atom stereocenters. The van der Waals surface area contributed by atoms with Crippen molar-refractivity contribution in [3.05, 3.63) is 0 Å². The average Bonchev–Trinajstić information content (AvgIpc) is 2.93. The molecule has 0 aromatic rings. The maximum Gasteiger partial charge on any atom is 0.0249 e. The van der Waals surface area contributed by atoms with Gasteiger partial charge < -0.3 is 0 Å². The molecule has 3 fully saturated rings. The highest BCUT2D eigenvalue weighted by Gasteiger charge is 2.43. The van der Waals surface area contributed by atoms with Crippen LogP contribution in [0.25, 0.3) is 0 Å². The molecule has 1 saturated carbocycles. The highest BCUT2D eigenvalue weighted by atomic mass is 15.3. The van der Waals surface area contributed by atoms with Crippen molar-refractivity contribution in [3.8, 4) is 0 Å². The summed E-state index contributed by atoms with van der Waals surface area (Å²) in [5.74, 6) is 2.58. The lowest BCUT2D eigenvalue weighted by molar-refractivity contribution is -0.0362. The minimum atomic E-state index is 0.793. The standard InChI is InChI=1S/C19H36N2/c1-14(2)17-9-5-6-10-18(17)21-12-16-8-7-11-20(16)13-19(21)15(3)4/h14-19H,5-13H2,1-4H3. The summed E-state index contributed by atoms with van der Waals surface area (Å²) in [6.45, 7) is 13.9. The Morgan fingerprint density at radius 3 is 2.29 bits per heavy atom. The van der Waals surface area contributed by atoms with Crippen LogP contribution in [-0.4, -0.2) is 47.6 Å². The van der Waals surface area contributed by atoms with Gasteiger partial charge in [-0.3, -0.25) is 9.80 Å². The first-order valence-corrected chi connectivity index (χ1v) is 9.57. The highest BCUT2D eigenvalue weighted by Crippen LogP contribution is 2.38. The average molecular weight is 293 g/mol. The lowest BCUT2D eigenvalue weighted by Gasteiger charge is -2.52. The fourth-order valence-corrected chi connectivity index (χ4v) is 5.37. The van der Waals surface area contributed by atoms with Gasteiger partial charge in [-0.2, -0.15) is 0 Å². The molecule has 0 spiro atoms. The van der Waals surface area contributed by atoms with Crippen LogP contribution in [0.1, 0.15) is 66.2 Å². The van der Waals surface area contributed by atoms with Crippen molar-refractivity contribution in [2.45, 2.75) is 84.3 Å². The third kappa shape index (κ3) is 3.17. The van der Waals surface area contributed by atoms with Crippen molar-refractivity contribution < 1.29 is 0 Å². The highest BCUT2D eigenvalue weighted by molar-refractivity contribution is 4.98. The molecule has 0 aromatic carbocycles. The van der Waals surface area contributed by atoms with Gasteiger partial charge in [0.2, 0.25) is 0 Å². The summed E-state index contributed by atoms with van der Waals surface area (Å²) >= 11 is 0. The molecule has 1 aliphatic carbocycles. The van der Waals surface area contributed by atoms with Gasteiger partial charge in [-0.05, 0) is 50.0 Å². The Morgan fingerprint density at radius 1 is 0.810 bits per heavy atom. The van der Waals surface area contributed by atoms with E-state index in [-0.39, 0.29) is 0 Å². The molecule has 2 aliphatic heterocycles. The Kier molecular flexibility index (Phi) is 4.95. The van der Waals surface area contributed by atoms with Crippen molar-refractivity contribution in [1.29, 1.82) is 0 Å². The van der Waals surface area contributed by atoms with Crippen LogP contribution >= 0.6 is 0 Å². The van der Waals surface area contributed by atoms with Crippen LogP contribution in [-0.2, 0) is 0 Å². The van der Waals surface area contributed by atoms with Crippen LogP contribution in [0, 0.1) is 17.8 Å². The number of nitrogens with zero attached hydrogens (tertiary/aromatic N) is 2. The molecule has 4 unspecified atom stereocenters. The van der Waals surface area contributed by atoms with Crippen LogP contribution in [0.4, 0.5) is 0 Å². The Labute approximate surface area is 132 Å². The van der Waals surface area contributed by atoms with Crippen LogP contribution < -0.4 is 0 Å². The van der Waals surface area contributed by atoms with E-state index in [1.54, 1.807) is 0 Å². The largest absolute Gasteiger partial charge is 0.298 e. The van der Waals surface area contributed by atoms with Gasteiger partial charge >= 0.3 is 0 Å². The van der Waals surface area contributed by atoms with Crippen molar-refractivity contribution in [1.82, 2.24) is 9.80 Å². The fraction of sp³-hybridized carbons (Fsp3) is 1.00. The summed E-state index contributed by atoms with van der Waals surface area (Å²) in [4.78, 5) is 5.79. The molecule has 2 heteroatoms. The lowest BCUT2D eigenvalue weighted by Crippen LogP contribution is -2.62. The Balaban J connectivity index is 1.79. The van der Waals surface area contributed by atoms with E-state index in [1.807, 2.05) is 0 Å². The second-order valence-electron chi connectivity index (χ2n) is 8.56. The van der Waals surface area contributed by atoms with Gasteiger partial charge in [0, 0.05) is 31.2 Å². The first kappa shape index (κ1) is 15.8. The number of fused-ring (bicyclic) bond motifs is 1. The van der Waals surface area contributed by atoms with Gasteiger partial charge in [0.25, 0.3) is 0 Å². The zero-order chi connectivity index (χ0) is 15.0. The van der Waals surface area contributed by atoms with Crippen molar-refractivity contribution in [2.24, 2.45) is 17.8 Å². The maximum absolute atomic E-state index is 2.99. The quantitative estimate of drug-likeness (QED) is 0.775. The third-order valence-electron chi connectivity index (χ3n) is 6.60. The summed E-state index contributed by atoms with van der Waals surface area (Å²) < 4.78 is 0.